The fourth-order valence-corrected chi connectivity index (χ4v) is 3.85. The summed E-state index contributed by atoms with van der Waals surface area (Å²) in [6, 6.07) is 6.70. The van der Waals surface area contributed by atoms with E-state index < -0.39 is 10.0 Å². The maximum Gasteiger partial charge on any atom is 0.274 e. The average Bonchev–Trinajstić information content (AvgIpc) is 3.10. The molecule has 2 aromatic rings. The molecule has 1 atom stereocenters. The van der Waals surface area contributed by atoms with Gasteiger partial charge in [0.2, 0.25) is 5.09 Å². The van der Waals surface area contributed by atoms with Crippen LogP contribution in [0.4, 0.5) is 0 Å². The van der Waals surface area contributed by atoms with E-state index in [4.69, 9.17) is 4.42 Å². The molecule has 0 saturated heterocycles. The summed E-state index contributed by atoms with van der Waals surface area (Å²) < 4.78 is 32.5. The van der Waals surface area contributed by atoms with Crippen molar-refractivity contribution in [3.8, 4) is 0 Å². The molecular weight excluding hydrogens is 308 g/mol. The smallest absolute Gasteiger partial charge is 0.274 e. The van der Waals surface area contributed by atoms with Gasteiger partial charge in [0.25, 0.3) is 10.0 Å². The van der Waals surface area contributed by atoms with Gasteiger partial charge in [-0.1, -0.05) is 13.0 Å². The first kappa shape index (κ1) is 16.2. The fraction of sp³-hybridized carbons (Fsp3) is 0.429. The molecule has 2 N–H and O–H groups in total. The van der Waals surface area contributed by atoms with E-state index in [9.17, 15) is 8.42 Å². The SMILES string of the molecule is CCCNCc1ccc(S(=O)(=O)NC(C)c2cccs2)o1. The highest BCUT2D eigenvalue weighted by Crippen LogP contribution is 2.22. The molecule has 5 nitrogen and oxygen atoms in total. The molecule has 0 radical (unpaired) electrons. The van der Waals surface area contributed by atoms with Crippen LogP contribution in [0.1, 0.15) is 36.9 Å². The number of furan rings is 1. The van der Waals surface area contributed by atoms with Crippen LogP contribution in [-0.2, 0) is 16.6 Å². The second-order valence-electron chi connectivity index (χ2n) is 4.76. The maximum absolute atomic E-state index is 12.3. The molecule has 0 bridgehead atoms. The van der Waals surface area contributed by atoms with Gasteiger partial charge in [0, 0.05) is 4.88 Å². The first-order chi connectivity index (χ1) is 10.0. The molecule has 0 aliphatic carbocycles. The lowest BCUT2D eigenvalue weighted by molar-refractivity contribution is 0.398. The molecule has 0 saturated carbocycles. The highest BCUT2D eigenvalue weighted by Gasteiger charge is 2.22. The molecule has 2 heterocycles. The molecule has 2 rings (SSSR count). The Kier molecular flexibility index (Phi) is 5.58. The van der Waals surface area contributed by atoms with Crippen LogP contribution in [0.15, 0.2) is 39.2 Å². The quantitative estimate of drug-likeness (QED) is 0.731. The van der Waals surface area contributed by atoms with Crippen molar-refractivity contribution in [2.75, 3.05) is 6.54 Å². The minimum absolute atomic E-state index is 0.0424. The monoisotopic (exact) mass is 328 g/mol. The molecule has 0 aliphatic heterocycles. The molecule has 0 aromatic carbocycles. The Morgan fingerprint density at radius 1 is 1.33 bits per heavy atom. The average molecular weight is 328 g/mol. The van der Waals surface area contributed by atoms with Crippen molar-refractivity contribution in [2.24, 2.45) is 0 Å². The minimum atomic E-state index is -3.63. The molecule has 0 amide bonds. The summed E-state index contributed by atoms with van der Waals surface area (Å²) in [6.45, 7) is 5.29. The van der Waals surface area contributed by atoms with Crippen LogP contribution in [0.25, 0.3) is 0 Å². The fourth-order valence-electron chi connectivity index (χ4n) is 1.87. The number of nitrogens with one attached hydrogen (secondary N) is 2. The third kappa shape index (κ3) is 4.41. The van der Waals surface area contributed by atoms with Crippen molar-refractivity contribution in [3.05, 3.63) is 40.3 Å². The lowest BCUT2D eigenvalue weighted by Crippen LogP contribution is -2.26. The van der Waals surface area contributed by atoms with E-state index in [2.05, 4.69) is 17.0 Å². The maximum atomic E-state index is 12.3. The second-order valence-corrected chi connectivity index (χ2v) is 7.38. The first-order valence-corrected chi connectivity index (χ1v) is 9.24. The Hall–Kier alpha value is -1.15. The molecule has 0 spiro atoms. The van der Waals surface area contributed by atoms with Gasteiger partial charge >= 0.3 is 0 Å². The first-order valence-electron chi connectivity index (χ1n) is 6.88. The molecule has 0 fully saturated rings. The lowest BCUT2D eigenvalue weighted by atomic mass is 10.3. The van der Waals surface area contributed by atoms with Crippen molar-refractivity contribution in [2.45, 2.75) is 37.9 Å². The largest absolute Gasteiger partial charge is 0.447 e. The van der Waals surface area contributed by atoms with Crippen LogP contribution >= 0.6 is 11.3 Å². The van der Waals surface area contributed by atoms with E-state index in [1.54, 1.807) is 6.07 Å². The molecule has 0 aliphatic rings. The van der Waals surface area contributed by atoms with Crippen molar-refractivity contribution in [3.63, 3.8) is 0 Å². The van der Waals surface area contributed by atoms with E-state index >= 15 is 0 Å². The molecule has 2 aromatic heterocycles. The third-order valence-corrected chi connectivity index (χ3v) is 5.40. The van der Waals surface area contributed by atoms with E-state index in [1.807, 2.05) is 24.4 Å². The Labute approximate surface area is 129 Å². The van der Waals surface area contributed by atoms with Crippen molar-refractivity contribution >= 4 is 21.4 Å². The number of hydrogen-bond acceptors (Lipinski definition) is 5. The predicted octanol–water partition coefficient (Wildman–Crippen LogP) is 2.88. The van der Waals surface area contributed by atoms with E-state index in [0.717, 1.165) is 17.8 Å². The number of rotatable bonds is 8. The predicted molar refractivity (Wildman–Crippen MR) is 83.8 cm³/mol. The van der Waals surface area contributed by atoms with Gasteiger partial charge in [0.05, 0.1) is 12.6 Å². The Bertz CT molecular complexity index is 648. The zero-order valence-corrected chi connectivity index (χ0v) is 13.8. The molecule has 116 valence electrons. The topological polar surface area (TPSA) is 71.3 Å². The van der Waals surface area contributed by atoms with Gasteiger partial charge in [0.1, 0.15) is 5.76 Å². The normalized spacial score (nSPS) is 13.4. The van der Waals surface area contributed by atoms with Gasteiger partial charge < -0.3 is 9.73 Å². The van der Waals surface area contributed by atoms with Crippen molar-refractivity contribution in [1.29, 1.82) is 0 Å². The highest BCUT2D eigenvalue weighted by molar-refractivity contribution is 7.89. The van der Waals surface area contributed by atoms with E-state index in [1.165, 1.54) is 17.4 Å². The zero-order valence-electron chi connectivity index (χ0n) is 12.1. The minimum Gasteiger partial charge on any atom is -0.447 e. The van der Waals surface area contributed by atoms with Gasteiger partial charge in [-0.05, 0) is 43.5 Å². The van der Waals surface area contributed by atoms with Gasteiger partial charge in [0.15, 0.2) is 0 Å². The van der Waals surface area contributed by atoms with Crippen LogP contribution in [-0.4, -0.2) is 15.0 Å². The summed E-state index contributed by atoms with van der Waals surface area (Å²) >= 11 is 1.52. The van der Waals surface area contributed by atoms with Gasteiger partial charge in [-0.2, -0.15) is 0 Å². The summed E-state index contributed by atoms with van der Waals surface area (Å²) in [5, 5.41) is 5.05. The van der Waals surface area contributed by atoms with Gasteiger partial charge in [-0.3, -0.25) is 0 Å². The van der Waals surface area contributed by atoms with Crippen molar-refractivity contribution < 1.29 is 12.8 Å². The molecular formula is C14H20N2O3S2. The molecule has 7 heteroatoms. The summed E-state index contributed by atoms with van der Waals surface area (Å²) in [7, 11) is -3.63. The van der Waals surface area contributed by atoms with Crippen LogP contribution in [0.2, 0.25) is 0 Å². The summed E-state index contributed by atoms with van der Waals surface area (Å²) in [4.78, 5) is 0.968. The van der Waals surface area contributed by atoms with Crippen LogP contribution in [0.3, 0.4) is 0 Å². The second kappa shape index (κ2) is 7.22. The third-order valence-electron chi connectivity index (χ3n) is 2.93. The Balaban J connectivity index is 2.02. The van der Waals surface area contributed by atoms with Gasteiger partial charge in [-0.25, -0.2) is 13.1 Å². The Morgan fingerprint density at radius 3 is 2.81 bits per heavy atom. The van der Waals surface area contributed by atoms with E-state index in [-0.39, 0.29) is 11.1 Å². The van der Waals surface area contributed by atoms with Crippen LogP contribution in [0, 0.1) is 0 Å². The summed E-state index contributed by atoms with van der Waals surface area (Å²) in [5.41, 5.74) is 0. The van der Waals surface area contributed by atoms with E-state index in [0.29, 0.717) is 12.3 Å². The lowest BCUT2D eigenvalue weighted by Gasteiger charge is -2.11. The highest BCUT2D eigenvalue weighted by atomic mass is 32.2. The number of thiophene rings is 1. The Morgan fingerprint density at radius 2 is 2.14 bits per heavy atom. The van der Waals surface area contributed by atoms with Crippen LogP contribution in [0.5, 0.6) is 0 Å². The standard InChI is InChI=1S/C14H20N2O3S2/c1-3-8-15-10-12-6-7-14(19-12)21(17,18)16-11(2)13-5-4-9-20-13/h4-7,9,11,15-16H,3,8,10H2,1-2H3. The summed E-state index contributed by atoms with van der Waals surface area (Å²) in [6.07, 6.45) is 1.02. The van der Waals surface area contributed by atoms with Crippen molar-refractivity contribution in [1.82, 2.24) is 10.0 Å². The molecule has 21 heavy (non-hydrogen) atoms. The van der Waals surface area contributed by atoms with Gasteiger partial charge in [-0.15, -0.1) is 11.3 Å². The number of hydrogen-bond donors (Lipinski definition) is 2. The summed E-state index contributed by atoms with van der Waals surface area (Å²) in [5.74, 6) is 0.618. The zero-order chi connectivity index (χ0) is 15.3. The van der Waals surface area contributed by atoms with Crippen LogP contribution < -0.4 is 10.0 Å². The molecule has 1 unspecified atom stereocenters. The number of sulfonamides is 1.